The van der Waals surface area contributed by atoms with E-state index >= 15 is 0 Å². The van der Waals surface area contributed by atoms with Crippen molar-refractivity contribution in [2.24, 2.45) is 22.6 Å². The van der Waals surface area contributed by atoms with Crippen LogP contribution in [0, 0.1) is 11.8 Å². The van der Waals surface area contributed by atoms with E-state index in [9.17, 15) is 23.1 Å². The molecule has 2 heterocycles. The SMILES string of the molecule is CC(N)=NCCC[C@@H](NS(=O)(=O)c1cccc2c1NCC(C)C2)C(=O)N1CCC(C)C[C@@H]1C(=O)O. The Balaban J connectivity index is 1.88. The van der Waals surface area contributed by atoms with Crippen LogP contribution in [0.3, 0.4) is 0 Å². The van der Waals surface area contributed by atoms with Crippen LogP contribution in [-0.2, 0) is 26.0 Å². The Morgan fingerprint density at radius 3 is 2.74 bits per heavy atom. The summed E-state index contributed by atoms with van der Waals surface area (Å²) in [7, 11) is -4.07. The third kappa shape index (κ3) is 6.72. The zero-order valence-electron chi connectivity index (χ0n) is 20.7. The highest BCUT2D eigenvalue weighted by atomic mass is 32.2. The summed E-state index contributed by atoms with van der Waals surface area (Å²) in [5.41, 5.74) is 7.07. The Morgan fingerprint density at radius 1 is 1.31 bits per heavy atom. The highest BCUT2D eigenvalue weighted by Gasteiger charge is 2.39. The van der Waals surface area contributed by atoms with Gasteiger partial charge in [-0.1, -0.05) is 26.0 Å². The Hall–Kier alpha value is -2.66. The maximum atomic E-state index is 13.5. The summed E-state index contributed by atoms with van der Waals surface area (Å²) in [4.78, 5) is 31.0. The number of fused-ring (bicyclic) bond motifs is 1. The van der Waals surface area contributed by atoms with E-state index in [4.69, 9.17) is 5.73 Å². The van der Waals surface area contributed by atoms with Gasteiger partial charge in [-0.2, -0.15) is 4.72 Å². The number of nitrogens with zero attached hydrogens (tertiary/aromatic N) is 2. The summed E-state index contributed by atoms with van der Waals surface area (Å²) in [6.45, 7) is 6.98. The second-order valence-electron chi connectivity index (χ2n) is 9.83. The van der Waals surface area contributed by atoms with Gasteiger partial charge >= 0.3 is 5.97 Å². The standard InChI is InChI=1S/C24H37N5O5S/c1-15-9-11-29(20(13-15)24(31)32)23(30)19(7-5-10-26-17(3)25)28-35(33,34)21-8-4-6-18-12-16(2)14-27-22(18)21/h4,6,8,15-16,19-20,27-28H,5,7,9-14H2,1-3H3,(H2,25,26)(H,31,32)/t15?,16?,19-,20-/m1/s1. The molecule has 2 aliphatic heterocycles. The number of hydrogen-bond donors (Lipinski definition) is 4. The van der Waals surface area contributed by atoms with Gasteiger partial charge in [0.15, 0.2) is 0 Å². The minimum Gasteiger partial charge on any atom is -0.480 e. The summed E-state index contributed by atoms with van der Waals surface area (Å²) in [6, 6.07) is 3.04. The number of amides is 1. The van der Waals surface area contributed by atoms with E-state index in [1.54, 1.807) is 13.0 Å². The minimum atomic E-state index is -4.07. The van der Waals surface area contributed by atoms with Crippen LogP contribution in [0.15, 0.2) is 28.1 Å². The van der Waals surface area contributed by atoms with Crippen LogP contribution < -0.4 is 15.8 Å². The maximum Gasteiger partial charge on any atom is 0.326 e. The molecule has 0 saturated carbocycles. The number of carbonyl (C=O) groups is 2. The predicted octanol–water partition coefficient (Wildman–Crippen LogP) is 1.81. The Labute approximate surface area is 207 Å². The summed E-state index contributed by atoms with van der Waals surface area (Å²) >= 11 is 0. The monoisotopic (exact) mass is 507 g/mol. The molecule has 1 fully saturated rings. The number of sulfonamides is 1. The van der Waals surface area contributed by atoms with Crippen LogP contribution in [0.1, 0.15) is 52.0 Å². The molecular formula is C24H37N5O5S. The molecule has 0 aromatic heterocycles. The van der Waals surface area contributed by atoms with Gasteiger partial charge in [0.25, 0.3) is 0 Å². The number of carboxylic acids is 1. The summed E-state index contributed by atoms with van der Waals surface area (Å²) in [5, 5.41) is 12.9. The number of carboxylic acid groups (broad SMARTS) is 1. The predicted molar refractivity (Wildman–Crippen MR) is 135 cm³/mol. The molecule has 0 radical (unpaired) electrons. The van der Waals surface area contributed by atoms with Crippen molar-refractivity contribution >= 4 is 33.4 Å². The first-order chi connectivity index (χ1) is 16.5. The number of amidine groups is 1. The van der Waals surface area contributed by atoms with Crippen LogP contribution in [-0.4, -0.2) is 67.9 Å². The highest BCUT2D eigenvalue weighted by molar-refractivity contribution is 7.89. The first kappa shape index (κ1) is 26.9. The lowest BCUT2D eigenvalue weighted by Gasteiger charge is -2.38. The molecule has 3 rings (SSSR count). The number of para-hydroxylation sites is 1. The highest BCUT2D eigenvalue weighted by Crippen LogP contribution is 2.31. The molecule has 0 aliphatic carbocycles. The smallest absolute Gasteiger partial charge is 0.326 e. The molecular weight excluding hydrogens is 470 g/mol. The van der Waals surface area contributed by atoms with E-state index in [-0.39, 0.29) is 23.8 Å². The van der Waals surface area contributed by atoms with Gasteiger partial charge in [-0.15, -0.1) is 0 Å². The van der Waals surface area contributed by atoms with E-state index in [0.29, 0.717) is 49.8 Å². The molecule has 1 saturated heterocycles. The van der Waals surface area contributed by atoms with Gasteiger partial charge in [0.1, 0.15) is 17.0 Å². The fourth-order valence-corrected chi connectivity index (χ4v) is 6.22. The van der Waals surface area contributed by atoms with Crippen LogP contribution in [0.2, 0.25) is 0 Å². The van der Waals surface area contributed by atoms with Crippen molar-refractivity contribution in [3.63, 3.8) is 0 Å². The average Bonchev–Trinajstić information content (AvgIpc) is 2.79. The fraction of sp³-hybridized carbons (Fsp3) is 0.625. The fourth-order valence-electron chi connectivity index (χ4n) is 4.77. The van der Waals surface area contributed by atoms with Crippen molar-refractivity contribution in [2.45, 2.75) is 69.9 Å². The number of piperidine rings is 1. The molecule has 11 heteroatoms. The van der Waals surface area contributed by atoms with Gasteiger partial charge in [-0.3, -0.25) is 9.79 Å². The summed E-state index contributed by atoms with van der Waals surface area (Å²) in [5.74, 6) is -0.649. The third-order valence-electron chi connectivity index (χ3n) is 6.64. The number of anilines is 1. The molecule has 194 valence electrons. The molecule has 1 amide bonds. The largest absolute Gasteiger partial charge is 0.480 e. The van der Waals surface area contributed by atoms with Gasteiger partial charge in [-0.05, 0) is 62.5 Å². The molecule has 5 N–H and O–H groups in total. The van der Waals surface area contributed by atoms with Gasteiger partial charge in [0.2, 0.25) is 15.9 Å². The molecule has 4 atom stereocenters. The van der Waals surface area contributed by atoms with Crippen LogP contribution in [0.4, 0.5) is 5.69 Å². The third-order valence-corrected chi connectivity index (χ3v) is 8.15. The topological polar surface area (TPSA) is 154 Å². The number of aliphatic carboxylic acids is 1. The lowest BCUT2D eigenvalue weighted by Crippen LogP contribution is -2.56. The van der Waals surface area contributed by atoms with E-state index in [0.717, 1.165) is 12.0 Å². The number of nitrogens with one attached hydrogen (secondary N) is 2. The number of rotatable bonds is 9. The molecule has 1 aromatic carbocycles. The number of nitrogens with two attached hydrogens (primary N) is 1. The van der Waals surface area contributed by atoms with Crippen molar-refractivity contribution in [1.29, 1.82) is 0 Å². The number of aliphatic imine (C=N–C) groups is 1. The summed E-state index contributed by atoms with van der Waals surface area (Å²) in [6.07, 6.45) is 2.35. The van der Waals surface area contributed by atoms with Crippen molar-refractivity contribution < 1.29 is 23.1 Å². The number of likely N-dealkylation sites (tertiary alicyclic amines) is 1. The molecule has 1 aromatic rings. The minimum absolute atomic E-state index is 0.0950. The van der Waals surface area contributed by atoms with Gasteiger partial charge in [-0.25, -0.2) is 13.2 Å². The molecule has 0 bridgehead atoms. The lowest BCUT2D eigenvalue weighted by atomic mass is 9.91. The molecule has 2 unspecified atom stereocenters. The van der Waals surface area contributed by atoms with Crippen molar-refractivity contribution in [2.75, 3.05) is 25.0 Å². The van der Waals surface area contributed by atoms with Gasteiger partial charge < -0.3 is 21.1 Å². The van der Waals surface area contributed by atoms with E-state index < -0.39 is 34.0 Å². The van der Waals surface area contributed by atoms with E-state index in [2.05, 4.69) is 22.0 Å². The first-order valence-electron chi connectivity index (χ1n) is 12.2. The normalized spacial score (nSPS) is 23.8. The van der Waals surface area contributed by atoms with Crippen LogP contribution >= 0.6 is 0 Å². The Bertz CT molecular complexity index is 1070. The van der Waals surface area contributed by atoms with E-state index in [1.807, 2.05) is 13.0 Å². The van der Waals surface area contributed by atoms with Crippen LogP contribution in [0.25, 0.3) is 0 Å². The maximum absolute atomic E-state index is 13.5. The molecule has 35 heavy (non-hydrogen) atoms. The molecule has 2 aliphatic rings. The van der Waals surface area contributed by atoms with E-state index in [1.165, 1.54) is 11.0 Å². The van der Waals surface area contributed by atoms with Crippen LogP contribution in [0.5, 0.6) is 0 Å². The summed E-state index contributed by atoms with van der Waals surface area (Å²) < 4.78 is 29.6. The van der Waals surface area contributed by atoms with Crippen molar-refractivity contribution in [3.8, 4) is 0 Å². The Morgan fingerprint density at radius 2 is 2.06 bits per heavy atom. The van der Waals surface area contributed by atoms with Gasteiger partial charge in [0.05, 0.1) is 11.5 Å². The van der Waals surface area contributed by atoms with Crippen molar-refractivity contribution in [3.05, 3.63) is 23.8 Å². The zero-order valence-corrected chi connectivity index (χ0v) is 21.5. The molecule has 0 spiro atoms. The first-order valence-corrected chi connectivity index (χ1v) is 13.7. The number of hydrogen-bond acceptors (Lipinski definition) is 6. The number of benzene rings is 1. The average molecular weight is 508 g/mol. The second-order valence-corrected chi connectivity index (χ2v) is 11.5. The lowest BCUT2D eigenvalue weighted by molar-refractivity contribution is -0.153. The Kier molecular flexibility index (Phi) is 8.76. The zero-order chi connectivity index (χ0) is 25.8. The van der Waals surface area contributed by atoms with Gasteiger partial charge in [0, 0.05) is 19.6 Å². The molecule has 10 nitrogen and oxygen atoms in total. The van der Waals surface area contributed by atoms with Crippen molar-refractivity contribution in [1.82, 2.24) is 9.62 Å². The second kappa shape index (κ2) is 11.4. The quantitative estimate of drug-likeness (QED) is 0.226. The number of carbonyl (C=O) groups excluding carboxylic acids is 1.